The number of esters is 1. The molecule has 0 radical (unpaired) electrons. The molecule has 122 valence electrons. The molecule has 2 aromatic rings. The van der Waals surface area contributed by atoms with Gasteiger partial charge in [0.15, 0.2) is 0 Å². The zero-order chi connectivity index (χ0) is 16.8. The molecule has 0 fully saturated rings. The van der Waals surface area contributed by atoms with Crippen LogP contribution in [0.15, 0.2) is 36.5 Å². The molecule has 5 nitrogen and oxygen atoms in total. The van der Waals surface area contributed by atoms with E-state index in [4.69, 9.17) is 4.74 Å². The molecule has 1 aromatic carbocycles. The summed E-state index contributed by atoms with van der Waals surface area (Å²) in [6, 6.07) is 8.33. The van der Waals surface area contributed by atoms with Crippen LogP contribution in [0.3, 0.4) is 0 Å². The molecule has 0 spiro atoms. The highest BCUT2D eigenvalue weighted by Gasteiger charge is 2.09. The lowest BCUT2D eigenvalue weighted by atomic mass is 10.1. The fourth-order valence-corrected chi connectivity index (χ4v) is 2.02. The first-order chi connectivity index (χ1) is 11.0. The SMILES string of the molecule is COC(=O)c1ccc(CNc2ccc(OC(F)F)cn2)cc1C. The number of nitrogens with zero attached hydrogens (tertiary/aromatic N) is 1. The summed E-state index contributed by atoms with van der Waals surface area (Å²) in [5.41, 5.74) is 2.28. The Morgan fingerprint density at radius 1 is 1.30 bits per heavy atom. The number of ether oxygens (including phenoxy) is 2. The number of aryl methyl sites for hydroxylation is 1. The minimum atomic E-state index is -2.87. The third-order valence-corrected chi connectivity index (χ3v) is 3.13. The van der Waals surface area contributed by atoms with E-state index in [0.29, 0.717) is 17.9 Å². The summed E-state index contributed by atoms with van der Waals surface area (Å²) in [6.07, 6.45) is 1.22. The van der Waals surface area contributed by atoms with Gasteiger partial charge in [0.1, 0.15) is 11.6 Å². The number of halogens is 2. The fraction of sp³-hybridized carbons (Fsp3) is 0.250. The highest BCUT2D eigenvalue weighted by atomic mass is 19.3. The predicted octanol–water partition coefficient (Wildman–Crippen LogP) is 3.39. The van der Waals surface area contributed by atoms with Crippen molar-refractivity contribution in [3.8, 4) is 5.75 Å². The van der Waals surface area contributed by atoms with Gasteiger partial charge in [-0.25, -0.2) is 9.78 Å². The minimum Gasteiger partial charge on any atom is -0.465 e. The monoisotopic (exact) mass is 322 g/mol. The summed E-state index contributed by atoms with van der Waals surface area (Å²) in [7, 11) is 1.34. The Hall–Kier alpha value is -2.70. The Morgan fingerprint density at radius 2 is 2.09 bits per heavy atom. The molecule has 0 aliphatic rings. The summed E-state index contributed by atoms with van der Waals surface area (Å²) < 4.78 is 33.0. The number of carbonyl (C=O) groups excluding carboxylic acids is 1. The highest BCUT2D eigenvalue weighted by molar-refractivity contribution is 5.90. The molecule has 0 aliphatic heterocycles. The lowest BCUT2D eigenvalue weighted by molar-refractivity contribution is -0.0500. The highest BCUT2D eigenvalue weighted by Crippen LogP contribution is 2.16. The molecule has 0 saturated carbocycles. The van der Waals surface area contributed by atoms with Crippen LogP contribution in [0.2, 0.25) is 0 Å². The van der Waals surface area contributed by atoms with Crippen LogP contribution in [0.5, 0.6) is 5.75 Å². The summed E-state index contributed by atoms with van der Waals surface area (Å²) in [5, 5.41) is 3.06. The lowest BCUT2D eigenvalue weighted by Crippen LogP contribution is -2.06. The number of benzene rings is 1. The van der Waals surface area contributed by atoms with Crippen LogP contribution in [0.25, 0.3) is 0 Å². The Kier molecular flexibility index (Phi) is 5.46. The average Bonchev–Trinajstić information content (AvgIpc) is 2.53. The molecule has 7 heteroatoms. The Morgan fingerprint density at radius 3 is 2.65 bits per heavy atom. The van der Waals surface area contributed by atoms with E-state index in [9.17, 15) is 13.6 Å². The number of nitrogens with one attached hydrogen (secondary N) is 1. The van der Waals surface area contributed by atoms with Crippen LogP contribution < -0.4 is 10.1 Å². The van der Waals surface area contributed by atoms with E-state index < -0.39 is 6.61 Å². The fourth-order valence-electron chi connectivity index (χ4n) is 2.02. The van der Waals surface area contributed by atoms with Gasteiger partial charge in [-0.2, -0.15) is 8.78 Å². The molecule has 1 heterocycles. The largest absolute Gasteiger partial charge is 0.465 e. The van der Waals surface area contributed by atoms with Gasteiger partial charge < -0.3 is 14.8 Å². The lowest BCUT2D eigenvalue weighted by Gasteiger charge is -2.09. The van der Waals surface area contributed by atoms with E-state index in [1.807, 2.05) is 13.0 Å². The maximum absolute atomic E-state index is 12.0. The van der Waals surface area contributed by atoms with Gasteiger partial charge in [-0.05, 0) is 36.2 Å². The zero-order valence-corrected chi connectivity index (χ0v) is 12.7. The summed E-state index contributed by atoms with van der Waals surface area (Å²) >= 11 is 0. The first-order valence-corrected chi connectivity index (χ1v) is 6.82. The number of rotatable bonds is 6. The molecule has 1 N–H and O–H groups in total. The van der Waals surface area contributed by atoms with Crippen LogP contribution in [0.1, 0.15) is 21.5 Å². The van der Waals surface area contributed by atoms with Gasteiger partial charge in [-0.1, -0.05) is 12.1 Å². The Balaban J connectivity index is 1.98. The molecule has 0 atom stereocenters. The zero-order valence-electron chi connectivity index (χ0n) is 12.7. The van der Waals surface area contributed by atoms with E-state index >= 15 is 0 Å². The summed E-state index contributed by atoms with van der Waals surface area (Å²) in [5.74, 6) is 0.156. The number of hydrogen-bond acceptors (Lipinski definition) is 5. The molecule has 0 unspecified atom stereocenters. The van der Waals surface area contributed by atoms with Gasteiger partial charge in [0, 0.05) is 6.54 Å². The minimum absolute atomic E-state index is 0.00354. The van der Waals surface area contributed by atoms with E-state index in [-0.39, 0.29) is 11.7 Å². The van der Waals surface area contributed by atoms with E-state index in [1.54, 1.807) is 18.2 Å². The standard InChI is InChI=1S/C16H16F2N2O3/c1-10-7-11(3-5-13(10)15(21)22-2)8-19-14-6-4-12(9-20-14)23-16(17)18/h3-7,9,16H,8H2,1-2H3,(H,19,20). The third-order valence-electron chi connectivity index (χ3n) is 3.13. The van der Waals surface area contributed by atoms with Crippen LogP contribution >= 0.6 is 0 Å². The number of methoxy groups -OCH3 is 1. The quantitative estimate of drug-likeness (QED) is 0.826. The number of carbonyl (C=O) groups is 1. The van der Waals surface area contributed by atoms with E-state index in [2.05, 4.69) is 15.0 Å². The van der Waals surface area contributed by atoms with Gasteiger partial charge in [0.2, 0.25) is 0 Å². The van der Waals surface area contributed by atoms with Crippen LogP contribution in [0, 0.1) is 6.92 Å². The van der Waals surface area contributed by atoms with Gasteiger partial charge in [-0.15, -0.1) is 0 Å². The molecule has 1 aromatic heterocycles. The first kappa shape index (κ1) is 16.7. The molecular weight excluding hydrogens is 306 g/mol. The first-order valence-electron chi connectivity index (χ1n) is 6.82. The van der Waals surface area contributed by atoms with Gasteiger partial charge >= 0.3 is 12.6 Å². The van der Waals surface area contributed by atoms with E-state index in [1.165, 1.54) is 19.4 Å². The van der Waals surface area contributed by atoms with Crippen molar-refractivity contribution in [1.82, 2.24) is 4.98 Å². The Labute approximate surface area is 132 Å². The smallest absolute Gasteiger partial charge is 0.387 e. The summed E-state index contributed by atoms with van der Waals surface area (Å²) in [4.78, 5) is 15.5. The van der Waals surface area contributed by atoms with Crippen molar-refractivity contribution in [3.63, 3.8) is 0 Å². The van der Waals surface area contributed by atoms with Gasteiger partial charge in [-0.3, -0.25) is 0 Å². The molecule has 23 heavy (non-hydrogen) atoms. The average molecular weight is 322 g/mol. The second-order valence-electron chi connectivity index (χ2n) is 4.75. The number of alkyl halides is 2. The number of aromatic nitrogens is 1. The van der Waals surface area contributed by atoms with Crippen LogP contribution in [-0.4, -0.2) is 24.7 Å². The maximum Gasteiger partial charge on any atom is 0.387 e. The Bertz CT molecular complexity index is 676. The van der Waals surface area contributed by atoms with Gasteiger partial charge in [0.25, 0.3) is 0 Å². The predicted molar refractivity (Wildman–Crippen MR) is 80.7 cm³/mol. The van der Waals surface area contributed by atoms with Crippen molar-refractivity contribution < 1.29 is 23.0 Å². The second kappa shape index (κ2) is 7.53. The van der Waals surface area contributed by atoms with Crippen molar-refractivity contribution in [2.24, 2.45) is 0 Å². The third kappa shape index (κ3) is 4.64. The molecule has 0 saturated heterocycles. The number of hydrogen-bond donors (Lipinski definition) is 1. The topological polar surface area (TPSA) is 60.5 Å². The molecule has 2 rings (SSSR count). The van der Waals surface area contributed by atoms with Crippen LogP contribution in [0.4, 0.5) is 14.6 Å². The summed E-state index contributed by atoms with van der Waals surface area (Å²) in [6.45, 7) is -0.568. The van der Waals surface area contributed by atoms with Crippen molar-refractivity contribution in [2.75, 3.05) is 12.4 Å². The second-order valence-corrected chi connectivity index (χ2v) is 4.75. The normalized spacial score (nSPS) is 10.5. The molecule has 0 amide bonds. The van der Waals surface area contributed by atoms with Gasteiger partial charge in [0.05, 0.1) is 18.9 Å². The van der Waals surface area contributed by atoms with E-state index in [0.717, 1.165) is 11.1 Å². The van der Waals surface area contributed by atoms with Crippen molar-refractivity contribution >= 4 is 11.8 Å². The molecule has 0 aliphatic carbocycles. The molecule has 0 bridgehead atoms. The number of pyridine rings is 1. The van der Waals surface area contributed by atoms with Crippen molar-refractivity contribution in [1.29, 1.82) is 0 Å². The van der Waals surface area contributed by atoms with Crippen LogP contribution in [-0.2, 0) is 11.3 Å². The van der Waals surface area contributed by atoms with Crippen molar-refractivity contribution in [3.05, 3.63) is 53.2 Å². The molecular formula is C16H16F2N2O3. The maximum atomic E-state index is 12.0. The number of anilines is 1. The van der Waals surface area contributed by atoms with Crippen molar-refractivity contribution in [2.45, 2.75) is 20.1 Å².